The zero-order chi connectivity index (χ0) is 14.2. The Kier molecular flexibility index (Phi) is 3.07. The van der Waals surface area contributed by atoms with Crippen LogP contribution in [0.3, 0.4) is 0 Å². The van der Waals surface area contributed by atoms with Crippen LogP contribution in [0.2, 0.25) is 0 Å². The van der Waals surface area contributed by atoms with Gasteiger partial charge in [-0.05, 0) is 43.5 Å². The molecule has 0 heterocycles. The van der Waals surface area contributed by atoms with Crippen LogP contribution in [0.5, 0.6) is 0 Å². The first kappa shape index (κ1) is 12.8. The molecular formula is C16H12N2O. The number of benzene rings is 1. The molecule has 2 rings (SSSR count). The number of hydrogen-bond acceptors (Lipinski definition) is 3. The van der Waals surface area contributed by atoms with E-state index in [4.69, 9.17) is 10.5 Å². The molecule has 0 bridgehead atoms. The summed E-state index contributed by atoms with van der Waals surface area (Å²) >= 11 is 0. The van der Waals surface area contributed by atoms with Gasteiger partial charge in [-0.15, -0.1) is 0 Å². The Morgan fingerprint density at radius 3 is 2.11 bits per heavy atom. The van der Waals surface area contributed by atoms with Crippen LogP contribution in [0, 0.1) is 36.5 Å². The van der Waals surface area contributed by atoms with E-state index in [1.807, 2.05) is 38.1 Å². The molecule has 0 atom stereocenters. The third-order valence-electron chi connectivity index (χ3n) is 3.42. The Morgan fingerprint density at radius 2 is 1.63 bits per heavy atom. The number of ketones is 1. The number of carbonyl (C=O) groups excluding carboxylic acids is 1. The molecule has 1 aliphatic rings. The van der Waals surface area contributed by atoms with Gasteiger partial charge in [0.1, 0.15) is 17.7 Å². The molecule has 1 aromatic rings. The van der Waals surface area contributed by atoms with Gasteiger partial charge in [0.05, 0.1) is 0 Å². The molecule has 3 nitrogen and oxygen atoms in total. The molecule has 0 fully saturated rings. The van der Waals surface area contributed by atoms with Gasteiger partial charge in [-0.25, -0.2) is 0 Å². The number of hydrogen-bond donors (Lipinski definition) is 0. The minimum atomic E-state index is -0.112. The number of nitrogens with zero attached hydrogens (tertiary/aromatic N) is 2. The normalized spacial score (nSPS) is 15.1. The van der Waals surface area contributed by atoms with E-state index in [2.05, 4.69) is 0 Å². The summed E-state index contributed by atoms with van der Waals surface area (Å²) in [6, 6.07) is 7.47. The molecule has 3 heteroatoms. The Bertz CT molecular complexity index is 721. The van der Waals surface area contributed by atoms with E-state index >= 15 is 0 Å². The van der Waals surface area contributed by atoms with Gasteiger partial charge in [-0.1, -0.05) is 12.1 Å². The monoisotopic (exact) mass is 248 g/mol. The Labute approximate surface area is 112 Å². The zero-order valence-electron chi connectivity index (χ0n) is 11.0. The largest absolute Gasteiger partial charge is 0.289 e. The fraction of sp³-hybridized carbons (Fsp3) is 0.188. The second-order valence-electron chi connectivity index (χ2n) is 4.49. The highest BCUT2D eigenvalue weighted by Gasteiger charge is 2.32. The number of fused-ring (bicyclic) bond motifs is 1. The second-order valence-corrected chi connectivity index (χ2v) is 4.49. The Balaban J connectivity index is 2.91. The van der Waals surface area contributed by atoms with Gasteiger partial charge in [0.15, 0.2) is 5.78 Å². The van der Waals surface area contributed by atoms with Crippen molar-refractivity contribution in [3.63, 3.8) is 0 Å². The highest BCUT2D eigenvalue weighted by molar-refractivity contribution is 6.27. The molecule has 0 spiro atoms. The van der Waals surface area contributed by atoms with Gasteiger partial charge < -0.3 is 0 Å². The van der Waals surface area contributed by atoms with E-state index in [1.54, 1.807) is 13.0 Å². The van der Waals surface area contributed by atoms with Crippen molar-refractivity contribution in [2.75, 3.05) is 0 Å². The lowest BCUT2D eigenvalue weighted by Gasteiger charge is -2.05. The lowest BCUT2D eigenvalue weighted by Crippen LogP contribution is -1.96. The third kappa shape index (κ3) is 1.77. The molecule has 0 radical (unpaired) electrons. The average molecular weight is 248 g/mol. The van der Waals surface area contributed by atoms with Crippen molar-refractivity contribution < 1.29 is 4.79 Å². The van der Waals surface area contributed by atoms with E-state index in [9.17, 15) is 4.79 Å². The lowest BCUT2D eigenvalue weighted by molar-refractivity contribution is 0.104. The first-order valence-electron chi connectivity index (χ1n) is 5.92. The average Bonchev–Trinajstić information content (AvgIpc) is 2.65. The van der Waals surface area contributed by atoms with Crippen LogP contribution in [-0.4, -0.2) is 5.78 Å². The summed E-state index contributed by atoms with van der Waals surface area (Å²) in [7, 11) is 0. The molecule has 0 unspecified atom stereocenters. The molecule has 0 saturated carbocycles. The first-order valence-corrected chi connectivity index (χ1v) is 5.92. The highest BCUT2D eigenvalue weighted by atomic mass is 16.1. The zero-order valence-corrected chi connectivity index (χ0v) is 11.0. The van der Waals surface area contributed by atoms with Crippen LogP contribution < -0.4 is 0 Å². The summed E-state index contributed by atoms with van der Waals surface area (Å²) in [4.78, 5) is 12.3. The predicted molar refractivity (Wildman–Crippen MR) is 72.1 cm³/mol. The smallest absolute Gasteiger partial charge is 0.194 e. The SMILES string of the molecule is C/C=C1/C(=O)c2cc(C)c(C)cc2C1=C(C#N)C#N. The molecule has 1 aromatic carbocycles. The maximum absolute atomic E-state index is 12.3. The lowest BCUT2D eigenvalue weighted by atomic mass is 9.97. The number of rotatable bonds is 0. The van der Waals surface area contributed by atoms with Crippen molar-refractivity contribution in [2.45, 2.75) is 20.8 Å². The molecule has 0 saturated heterocycles. The number of carbonyl (C=O) groups is 1. The summed E-state index contributed by atoms with van der Waals surface area (Å²) in [5.74, 6) is -0.112. The fourth-order valence-electron chi connectivity index (χ4n) is 2.30. The molecule has 0 amide bonds. The topological polar surface area (TPSA) is 64.7 Å². The highest BCUT2D eigenvalue weighted by Crippen LogP contribution is 2.39. The summed E-state index contributed by atoms with van der Waals surface area (Å²) in [6.07, 6.45) is 1.66. The number of allylic oxidation sites excluding steroid dienone is 4. The molecule has 1 aliphatic carbocycles. The number of aryl methyl sites for hydroxylation is 2. The molecule has 0 aliphatic heterocycles. The van der Waals surface area contributed by atoms with Crippen LogP contribution in [-0.2, 0) is 0 Å². The van der Waals surface area contributed by atoms with Gasteiger partial charge in [0.2, 0.25) is 0 Å². The summed E-state index contributed by atoms with van der Waals surface area (Å²) < 4.78 is 0. The Hall–Kier alpha value is -2.65. The van der Waals surface area contributed by atoms with Crippen molar-refractivity contribution in [2.24, 2.45) is 0 Å². The van der Waals surface area contributed by atoms with Crippen molar-refractivity contribution in [3.8, 4) is 12.1 Å². The number of nitriles is 2. The van der Waals surface area contributed by atoms with Crippen LogP contribution >= 0.6 is 0 Å². The van der Waals surface area contributed by atoms with E-state index in [1.165, 1.54) is 0 Å². The van der Waals surface area contributed by atoms with Gasteiger partial charge in [0, 0.05) is 16.7 Å². The van der Waals surface area contributed by atoms with Crippen molar-refractivity contribution in [3.05, 3.63) is 51.6 Å². The number of Topliss-reactive ketones (excluding diaryl/α,β-unsaturated/α-hetero) is 1. The third-order valence-corrected chi connectivity index (χ3v) is 3.42. The van der Waals surface area contributed by atoms with Crippen LogP contribution in [0.15, 0.2) is 29.4 Å². The predicted octanol–water partition coefficient (Wildman–Crippen LogP) is 3.25. The fourth-order valence-corrected chi connectivity index (χ4v) is 2.30. The van der Waals surface area contributed by atoms with Crippen LogP contribution in [0.1, 0.15) is 34.0 Å². The van der Waals surface area contributed by atoms with Gasteiger partial charge in [-0.3, -0.25) is 4.79 Å². The Morgan fingerprint density at radius 1 is 1.11 bits per heavy atom. The van der Waals surface area contributed by atoms with Crippen LogP contribution in [0.4, 0.5) is 0 Å². The molecule has 0 N–H and O–H groups in total. The molecule has 92 valence electrons. The standard InChI is InChI=1S/C16H12N2O/c1-4-12-15(11(7-17)8-18)13-5-9(2)10(3)6-14(13)16(12)19/h4-6H,1-3H3/b12-4+. The minimum absolute atomic E-state index is 0.0107. The maximum Gasteiger partial charge on any atom is 0.194 e. The van der Waals surface area contributed by atoms with Crippen molar-refractivity contribution >= 4 is 11.4 Å². The maximum atomic E-state index is 12.3. The molecular weight excluding hydrogens is 236 g/mol. The second kappa shape index (κ2) is 4.55. The first-order chi connectivity index (χ1) is 9.04. The van der Waals surface area contributed by atoms with Gasteiger partial charge in [-0.2, -0.15) is 10.5 Å². The molecule has 19 heavy (non-hydrogen) atoms. The van der Waals surface area contributed by atoms with E-state index in [0.717, 1.165) is 11.1 Å². The van der Waals surface area contributed by atoms with Crippen molar-refractivity contribution in [1.82, 2.24) is 0 Å². The van der Waals surface area contributed by atoms with Crippen LogP contribution in [0.25, 0.3) is 5.57 Å². The summed E-state index contributed by atoms with van der Waals surface area (Å²) in [5.41, 5.74) is 4.24. The van der Waals surface area contributed by atoms with Gasteiger partial charge in [0.25, 0.3) is 0 Å². The van der Waals surface area contributed by atoms with E-state index in [-0.39, 0.29) is 11.4 Å². The van der Waals surface area contributed by atoms with E-state index < -0.39 is 0 Å². The summed E-state index contributed by atoms with van der Waals surface area (Å²) in [6.45, 7) is 5.63. The minimum Gasteiger partial charge on any atom is -0.289 e. The summed E-state index contributed by atoms with van der Waals surface area (Å²) in [5, 5.41) is 18.1. The van der Waals surface area contributed by atoms with Gasteiger partial charge >= 0.3 is 0 Å². The molecule has 0 aromatic heterocycles. The van der Waals surface area contributed by atoms with Crippen molar-refractivity contribution in [1.29, 1.82) is 10.5 Å². The quantitative estimate of drug-likeness (QED) is 0.523. The van der Waals surface area contributed by atoms with E-state index in [0.29, 0.717) is 22.3 Å².